The number of amides is 1. The van der Waals surface area contributed by atoms with Crippen LogP contribution in [0, 0.1) is 5.92 Å². The average Bonchev–Trinajstić information content (AvgIpc) is 3.48. The monoisotopic (exact) mass is 335 g/mol. The summed E-state index contributed by atoms with van der Waals surface area (Å²) in [4.78, 5) is 11.8. The van der Waals surface area contributed by atoms with Crippen LogP contribution in [-0.2, 0) is 11.2 Å². The van der Waals surface area contributed by atoms with Crippen molar-refractivity contribution in [3.63, 3.8) is 0 Å². The summed E-state index contributed by atoms with van der Waals surface area (Å²) in [6, 6.07) is 12.7. The number of rotatable bonds is 6. The van der Waals surface area contributed by atoms with Gasteiger partial charge in [-0.05, 0) is 73.1 Å². The van der Waals surface area contributed by atoms with E-state index in [1.165, 1.54) is 29.2 Å². The van der Waals surface area contributed by atoms with Gasteiger partial charge in [-0.3, -0.25) is 4.79 Å². The predicted molar refractivity (Wildman–Crippen MR) is 101 cm³/mol. The Bertz CT molecular complexity index is 805. The molecule has 0 unspecified atom stereocenters. The molecule has 0 heterocycles. The number of fused-ring (bicyclic) bond motifs is 1. The zero-order valence-electron chi connectivity index (χ0n) is 14.6. The molecular weight excluding hydrogens is 310 g/mol. The lowest BCUT2D eigenvalue weighted by atomic mass is 10.0. The molecule has 130 valence electrons. The standard InChI is InChI=1S/C22H25NO2/c24-22(18-9-10-18)23-14-13-17-6-4-5-16-11-12-20(15-21(16)17)25-19-7-2-1-3-8-19/h4-7,11-12,15,18H,1-3,8-10,13-14H2,(H,23,24). The molecular formula is C22H25NO2. The summed E-state index contributed by atoms with van der Waals surface area (Å²) in [7, 11) is 0. The smallest absolute Gasteiger partial charge is 0.223 e. The van der Waals surface area contributed by atoms with Crippen molar-refractivity contribution in [2.75, 3.05) is 6.54 Å². The summed E-state index contributed by atoms with van der Waals surface area (Å²) in [5, 5.41) is 5.50. The molecule has 2 aliphatic rings. The van der Waals surface area contributed by atoms with Gasteiger partial charge in [-0.25, -0.2) is 0 Å². The average molecular weight is 335 g/mol. The number of carbonyl (C=O) groups is 1. The summed E-state index contributed by atoms with van der Waals surface area (Å²) in [6.07, 6.45) is 9.80. The first-order valence-electron chi connectivity index (χ1n) is 9.46. The molecule has 3 heteroatoms. The van der Waals surface area contributed by atoms with Crippen LogP contribution in [-0.4, -0.2) is 12.5 Å². The van der Waals surface area contributed by atoms with E-state index in [1.807, 2.05) is 0 Å². The molecule has 4 rings (SSSR count). The second-order valence-corrected chi connectivity index (χ2v) is 7.13. The first-order chi connectivity index (χ1) is 12.3. The summed E-state index contributed by atoms with van der Waals surface area (Å²) < 4.78 is 6.09. The topological polar surface area (TPSA) is 38.3 Å². The van der Waals surface area contributed by atoms with Crippen LogP contribution in [0.25, 0.3) is 10.8 Å². The van der Waals surface area contributed by atoms with E-state index in [-0.39, 0.29) is 11.8 Å². The first-order valence-corrected chi connectivity index (χ1v) is 9.46. The van der Waals surface area contributed by atoms with Gasteiger partial charge < -0.3 is 10.1 Å². The molecule has 1 saturated carbocycles. The van der Waals surface area contributed by atoms with E-state index >= 15 is 0 Å². The zero-order chi connectivity index (χ0) is 17.1. The normalized spacial score (nSPS) is 17.2. The summed E-state index contributed by atoms with van der Waals surface area (Å²) >= 11 is 0. The fourth-order valence-electron chi connectivity index (χ4n) is 3.46. The van der Waals surface area contributed by atoms with Crippen molar-refractivity contribution in [3.8, 4) is 5.75 Å². The Hall–Kier alpha value is -2.29. The largest absolute Gasteiger partial charge is 0.462 e. The van der Waals surface area contributed by atoms with Gasteiger partial charge in [0.15, 0.2) is 0 Å². The van der Waals surface area contributed by atoms with Crippen LogP contribution in [0.1, 0.15) is 44.1 Å². The van der Waals surface area contributed by atoms with Gasteiger partial charge in [0.25, 0.3) is 0 Å². The molecule has 0 spiro atoms. The molecule has 0 radical (unpaired) electrons. The molecule has 0 saturated heterocycles. The molecule has 0 bridgehead atoms. The summed E-state index contributed by atoms with van der Waals surface area (Å²) in [5.41, 5.74) is 1.26. The predicted octanol–water partition coefficient (Wildman–Crippen LogP) is 4.75. The SMILES string of the molecule is O=C(NCCc1cccc2ccc(OC3=CCCCC3)cc12)C1CC1. The van der Waals surface area contributed by atoms with Gasteiger partial charge in [0, 0.05) is 18.9 Å². The summed E-state index contributed by atoms with van der Waals surface area (Å²) in [5.74, 6) is 2.50. The molecule has 2 aromatic carbocycles. The highest BCUT2D eigenvalue weighted by Crippen LogP contribution is 2.29. The maximum absolute atomic E-state index is 11.8. The number of hydrogen-bond donors (Lipinski definition) is 1. The number of benzene rings is 2. The lowest BCUT2D eigenvalue weighted by Gasteiger charge is -2.15. The van der Waals surface area contributed by atoms with E-state index < -0.39 is 0 Å². The number of ether oxygens (including phenoxy) is 1. The fourth-order valence-corrected chi connectivity index (χ4v) is 3.46. The third kappa shape index (κ3) is 4.04. The van der Waals surface area contributed by atoms with Crippen molar-refractivity contribution in [2.24, 2.45) is 5.92 Å². The fraction of sp³-hybridized carbons (Fsp3) is 0.409. The van der Waals surface area contributed by atoms with E-state index in [0.717, 1.165) is 43.6 Å². The van der Waals surface area contributed by atoms with Crippen LogP contribution in [0.3, 0.4) is 0 Å². The van der Waals surface area contributed by atoms with Gasteiger partial charge in [0.05, 0.1) is 0 Å². The van der Waals surface area contributed by atoms with E-state index in [2.05, 4.69) is 47.8 Å². The van der Waals surface area contributed by atoms with Crippen LogP contribution >= 0.6 is 0 Å². The number of nitrogens with one attached hydrogen (secondary N) is 1. The van der Waals surface area contributed by atoms with Gasteiger partial charge in [0.2, 0.25) is 5.91 Å². The van der Waals surface area contributed by atoms with Crippen LogP contribution in [0.5, 0.6) is 5.75 Å². The van der Waals surface area contributed by atoms with Crippen LogP contribution in [0.15, 0.2) is 48.2 Å². The summed E-state index contributed by atoms with van der Waals surface area (Å²) in [6.45, 7) is 0.699. The Morgan fingerprint density at radius 2 is 2.08 bits per heavy atom. The van der Waals surface area contributed by atoms with Gasteiger partial charge in [0.1, 0.15) is 11.5 Å². The van der Waals surface area contributed by atoms with Crippen molar-refractivity contribution < 1.29 is 9.53 Å². The Balaban J connectivity index is 1.48. The molecule has 0 aliphatic heterocycles. The minimum atomic E-state index is 0.216. The Labute approximate surface area is 149 Å². The van der Waals surface area contributed by atoms with Crippen LogP contribution in [0.2, 0.25) is 0 Å². The lowest BCUT2D eigenvalue weighted by Crippen LogP contribution is -2.26. The van der Waals surface area contributed by atoms with Gasteiger partial charge >= 0.3 is 0 Å². The Morgan fingerprint density at radius 3 is 2.88 bits per heavy atom. The van der Waals surface area contributed by atoms with Crippen molar-refractivity contribution in [2.45, 2.75) is 44.9 Å². The third-order valence-electron chi connectivity index (χ3n) is 5.08. The molecule has 0 aromatic heterocycles. The molecule has 2 aliphatic carbocycles. The van der Waals surface area contributed by atoms with Crippen LogP contribution in [0.4, 0.5) is 0 Å². The maximum Gasteiger partial charge on any atom is 0.223 e. The van der Waals surface area contributed by atoms with Crippen molar-refractivity contribution in [1.82, 2.24) is 5.32 Å². The second-order valence-electron chi connectivity index (χ2n) is 7.13. The maximum atomic E-state index is 11.8. The molecule has 1 N–H and O–H groups in total. The Morgan fingerprint density at radius 1 is 1.16 bits per heavy atom. The molecule has 0 atom stereocenters. The van der Waals surface area contributed by atoms with Crippen molar-refractivity contribution >= 4 is 16.7 Å². The van der Waals surface area contributed by atoms with E-state index in [9.17, 15) is 4.79 Å². The van der Waals surface area contributed by atoms with Gasteiger partial charge in [-0.15, -0.1) is 0 Å². The third-order valence-corrected chi connectivity index (χ3v) is 5.08. The lowest BCUT2D eigenvalue weighted by molar-refractivity contribution is -0.122. The molecule has 25 heavy (non-hydrogen) atoms. The highest BCUT2D eigenvalue weighted by molar-refractivity contribution is 5.87. The second kappa shape index (κ2) is 7.30. The highest BCUT2D eigenvalue weighted by atomic mass is 16.5. The quantitative estimate of drug-likeness (QED) is 0.827. The number of allylic oxidation sites excluding steroid dienone is 2. The van der Waals surface area contributed by atoms with Gasteiger partial charge in [-0.2, -0.15) is 0 Å². The van der Waals surface area contributed by atoms with Gasteiger partial charge in [-0.1, -0.05) is 24.3 Å². The highest BCUT2D eigenvalue weighted by Gasteiger charge is 2.29. The number of carbonyl (C=O) groups excluding carboxylic acids is 1. The van der Waals surface area contributed by atoms with Crippen LogP contribution < -0.4 is 10.1 Å². The van der Waals surface area contributed by atoms with Crippen molar-refractivity contribution in [3.05, 3.63) is 53.8 Å². The zero-order valence-corrected chi connectivity index (χ0v) is 14.6. The first kappa shape index (κ1) is 16.2. The number of hydrogen-bond acceptors (Lipinski definition) is 2. The molecule has 2 aromatic rings. The molecule has 1 fully saturated rings. The van der Waals surface area contributed by atoms with E-state index in [0.29, 0.717) is 6.54 Å². The minimum absolute atomic E-state index is 0.216. The minimum Gasteiger partial charge on any atom is -0.462 e. The van der Waals surface area contributed by atoms with E-state index in [4.69, 9.17) is 4.74 Å². The Kier molecular flexibility index (Phi) is 4.73. The molecule has 3 nitrogen and oxygen atoms in total. The molecule has 1 amide bonds. The van der Waals surface area contributed by atoms with Crippen molar-refractivity contribution in [1.29, 1.82) is 0 Å². The van der Waals surface area contributed by atoms with E-state index in [1.54, 1.807) is 0 Å².